The monoisotopic (exact) mass is 340 g/mol. The van der Waals surface area contributed by atoms with Crippen molar-refractivity contribution in [1.29, 1.82) is 0 Å². The number of rotatable bonds is 8. The molecule has 0 aromatic heterocycles. The largest absolute Gasteiger partial charge is 0.351 e. The third-order valence-electron chi connectivity index (χ3n) is 3.60. The molecule has 0 saturated carbocycles. The van der Waals surface area contributed by atoms with Crippen molar-refractivity contribution in [2.45, 2.75) is 45.5 Å². The fourth-order valence-electron chi connectivity index (χ4n) is 2.62. The highest BCUT2D eigenvalue weighted by atomic mass is 32.2. The number of nitrogens with zero attached hydrogens (tertiary/aromatic N) is 1. The molecule has 23 heavy (non-hydrogen) atoms. The molecule has 1 aromatic carbocycles. The minimum atomic E-state index is -3.11. The van der Waals surface area contributed by atoms with Crippen molar-refractivity contribution in [3.63, 3.8) is 0 Å². The molecule has 0 spiro atoms. The molecule has 130 valence electrons. The summed E-state index contributed by atoms with van der Waals surface area (Å²) in [5.41, 5.74) is 1.12. The van der Waals surface area contributed by atoms with Gasteiger partial charge >= 0.3 is 0 Å². The highest BCUT2D eigenvalue weighted by Gasteiger charge is 2.14. The Kier molecular flexibility index (Phi) is 7.22. The second kappa shape index (κ2) is 8.45. The maximum atomic E-state index is 12.2. The summed E-state index contributed by atoms with van der Waals surface area (Å²) in [6.45, 7) is 9.88. The van der Waals surface area contributed by atoms with Gasteiger partial charge in [0.25, 0.3) is 5.91 Å². The van der Waals surface area contributed by atoms with Crippen LogP contribution in [-0.2, 0) is 15.6 Å². The second-order valence-corrected chi connectivity index (χ2v) is 8.59. The topological polar surface area (TPSA) is 66.5 Å². The highest BCUT2D eigenvalue weighted by molar-refractivity contribution is 7.89. The van der Waals surface area contributed by atoms with E-state index in [2.05, 4.69) is 37.9 Å². The molecule has 0 heterocycles. The van der Waals surface area contributed by atoms with Crippen LogP contribution in [-0.4, -0.2) is 50.7 Å². The van der Waals surface area contributed by atoms with E-state index in [0.29, 0.717) is 29.8 Å². The summed E-state index contributed by atoms with van der Waals surface area (Å²) in [6, 6.07) is 7.61. The molecule has 0 bridgehead atoms. The molecule has 6 heteroatoms. The van der Waals surface area contributed by atoms with Gasteiger partial charge in [-0.15, -0.1) is 0 Å². The first-order valence-corrected chi connectivity index (χ1v) is 9.97. The van der Waals surface area contributed by atoms with Gasteiger partial charge in [0, 0.05) is 37.0 Å². The fraction of sp³-hybridized carbons (Fsp3) is 0.588. The molecular formula is C17H28N2O3S. The summed E-state index contributed by atoms with van der Waals surface area (Å²) in [4.78, 5) is 14.5. The van der Waals surface area contributed by atoms with Crippen LogP contribution in [0.15, 0.2) is 24.3 Å². The summed E-state index contributed by atoms with van der Waals surface area (Å²) < 4.78 is 22.7. The lowest BCUT2D eigenvalue weighted by molar-refractivity contribution is 0.0939. The van der Waals surface area contributed by atoms with Crippen LogP contribution in [0.2, 0.25) is 0 Å². The lowest BCUT2D eigenvalue weighted by Gasteiger charge is -2.30. The summed E-state index contributed by atoms with van der Waals surface area (Å²) in [7, 11) is -3.11. The van der Waals surface area contributed by atoms with E-state index in [1.807, 2.05) is 0 Å². The Labute approximate surface area is 140 Å². The molecule has 0 fully saturated rings. The van der Waals surface area contributed by atoms with E-state index in [-0.39, 0.29) is 11.7 Å². The molecule has 1 rings (SSSR count). The summed E-state index contributed by atoms with van der Waals surface area (Å²) >= 11 is 0. The molecule has 0 aliphatic heterocycles. The number of amides is 1. The van der Waals surface area contributed by atoms with Crippen molar-refractivity contribution in [2.24, 2.45) is 0 Å². The predicted molar refractivity (Wildman–Crippen MR) is 94.3 cm³/mol. The molecule has 1 amide bonds. The number of hydrogen-bond donors (Lipinski definition) is 1. The van der Waals surface area contributed by atoms with Gasteiger partial charge in [-0.2, -0.15) is 0 Å². The molecule has 0 aliphatic carbocycles. The lowest BCUT2D eigenvalue weighted by atomic mass is 10.1. The Balaban J connectivity index is 2.63. The summed E-state index contributed by atoms with van der Waals surface area (Å²) in [5.74, 6) is -0.226. The molecule has 0 radical (unpaired) electrons. The first-order valence-electron chi connectivity index (χ1n) is 7.90. The van der Waals surface area contributed by atoms with Crippen LogP contribution in [0.25, 0.3) is 0 Å². The van der Waals surface area contributed by atoms with Gasteiger partial charge in [-0.05, 0) is 45.4 Å². The van der Waals surface area contributed by atoms with Gasteiger partial charge in [0.05, 0.1) is 5.75 Å². The van der Waals surface area contributed by atoms with Crippen molar-refractivity contribution >= 4 is 15.7 Å². The predicted octanol–water partition coefficient (Wildman–Crippen LogP) is 2.08. The van der Waals surface area contributed by atoms with Gasteiger partial charge in [-0.1, -0.05) is 12.1 Å². The van der Waals surface area contributed by atoms with E-state index in [1.54, 1.807) is 24.3 Å². The molecule has 0 unspecified atom stereocenters. The zero-order valence-corrected chi connectivity index (χ0v) is 15.5. The Morgan fingerprint density at radius 3 is 2.30 bits per heavy atom. The quantitative estimate of drug-likeness (QED) is 0.787. The van der Waals surface area contributed by atoms with E-state index in [4.69, 9.17) is 0 Å². The van der Waals surface area contributed by atoms with Crippen LogP contribution in [0.3, 0.4) is 0 Å². The lowest BCUT2D eigenvalue weighted by Crippen LogP contribution is -2.42. The van der Waals surface area contributed by atoms with Gasteiger partial charge in [0.2, 0.25) is 0 Å². The standard InChI is InChI=1S/C17H28N2O3S/c1-13(2)19(14(3)4)10-9-18-17(20)16-8-6-7-15(11-16)12-23(5,21)22/h6-8,11,13-14H,9-10,12H2,1-5H3,(H,18,20). The minimum absolute atomic E-state index is 0.0530. The van der Waals surface area contributed by atoms with Crippen LogP contribution < -0.4 is 5.32 Å². The van der Waals surface area contributed by atoms with Crippen LogP contribution in [0.1, 0.15) is 43.6 Å². The van der Waals surface area contributed by atoms with Gasteiger partial charge in [0.15, 0.2) is 9.84 Å². The first kappa shape index (κ1) is 19.6. The third-order valence-corrected chi connectivity index (χ3v) is 4.46. The van der Waals surface area contributed by atoms with Gasteiger partial charge in [0.1, 0.15) is 0 Å². The Hall–Kier alpha value is -1.40. The number of carbonyl (C=O) groups is 1. The maximum absolute atomic E-state index is 12.2. The zero-order valence-electron chi connectivity index (χ0n) is 14.7. The van der Waals surface area contributed by atoms with E-state index >= 15 is 0 Å². The molecule has 1 N–H and O–H groups in total. The average molecular weight is 340 g/mol. The van der Waals surface area contributed by atoms with Crippen LogP contribution in [0.4, 0.5) is 0 Å². The highest BCUT2D eigenvalue weighted by Crippen LogP contribution is 2.09. The van der Waals surface area contributed by atoms with Crippen molar-refractivity contribution < 1.29 is 13.2 Å². The zero-order chi connectivity index (χ0) is 17.6. The molecule has 5 nitrogen and oxygen atoms in total. The Morgan fingerprint density at radius 1 is 1.17 bits per heavy atom. The van der Waals surface area contributed by atoms with Crippen molar-refractivity contribution in [2.75, 3.05) is 19.3 Å². The average Bonchev–Trinajstić information content (AvgIpc) is 2.40. The third kappa shape index (κ3) is 7.14. The van der Waals surface area contributed by atoms with E-state index < -0.39 is 9.84 Å². The minimum Gasteiger partial charge on any atom is -0.351 e. The van der Waals surface area contributed by atoms with Crippen LogP contribution >= 0.6 is 0 Å². The van der Waals surface area contributed by atoms with E-state index in [9.17, 15) is 13.2 Å². The summed E-state index contributed by atoms with van der Waals surface area (Å²) in [6.07, 6.45) is 1.19. The number of hydrogen-bond acceptors (Lipinski definition) is 4. The smallest absolute Gasteiger partial charge is 0.251 e. The fourth-order valence-corrected chi connectivity index (χ4v) is 3.40. The van der Waals surface area contributed by atoms with E-state index in [1.165, 1.54) is 6.26 Å². The second-order valence-electron chi connectivity index (χ2n) is 6.45. The summed E-state index contributed by atoms with van der Waals surface area (Å²) in [5, 5.41) is 2.90. The number of nitrogens with one attached hydrogen (secondary N) is 1. The molecule has 0 saturated heterocycles. The molecular weight excluding hydrogens is 312 g/mol. The van der Waals surface area contributed by atoms with Crippen molar-refractivity contribution in [1.82, 2.24) is 10.2 Å². The van der Waals surface area contributed by atoms with Crippen LogP contribution in [0, 0.1) is 0 Å². The molecule has 0 aliphatic rings. The number of carbonyl (C=O) groups excluding carboxylic acids is 1. The van der Waals surface area contributed by atoms with Gasteiger partial charge < -0.3 is 5.32 Å². The number of benzene rings is 1. The van der Waals surface area contributed by atoms with Gasteiger partial charge in [-0.25, -0.2) is 8.42 Å². The maximum Gasteiger partial charge on any atom is 0.251 e. The van der Waals surface area contributed by atoms with Crippen molar-refractivity contribution in [3.05, 3.63) is 35.4 Å². The Morgan fingerprint density at radius 2 is 1.78 bits per heavy atom. The molecule has 0 atom stereocenters. The van der Waals surface area contributed by atoms with E-state index in [0.717, 1.165) is 6.54 Å². The van der Waals surface area contributed by atoms with Crippen molar-refractivity contribution in [3.8, 4) is 0 Å². The first-order chi connectivity index (χ1) is 10.6. The normalized spacial score (nSPS) is 12.2. The number of sulfone groups is 1. The van der Waals surface area contributed by atoms with Gasteiger partial charge in [-0.3, -0.25) is 9.69 Å². The van der Waals surface area contributed by atoms with Crippen LogP contribution in [0.5, 0.6) is 0 Å². The SMILES string of the molecule is CC(C)N(CCNC(=O)c1cccc(CS(C)(=O)=O)c1)C(C)C. The molecule has 1 aromatic rings. The Bertz CT molecular complexity index is 616.